The molecule has 0 saturated heterocycles. The first kappa shape index (κ1) is 15.1. The molecule has 1 aromatic heterocycles. The van der Waals surface area contributed by atoms with Crippen LogP contribution >= 0.6 is 11.8 Å². The lowest BCUT2D eigenvalue weighted by molar-refractivity contribution is -0.115. The maximum atomic E-state index is 12.3. The third-order valence-electron chi connectivity index (χ3n) is 3.21. The smallest absolute Gasteiger partial charge is 0.241 e. The molecule has 0 bridgehead atoms. The van der Waals surface area contributed by atoms with E-state index in [1.807, 2.05) is 0 Å². The summed E-state index contributed by atoms with van der Waals surface area (Å²) in [4.78, 5) is 12.7. The second-order valence-electron chi connectivity index (χ2n) is 4.81. The highest BCUT2D eigenvalue weighted by Crippen LogP contribution is 2.36. The van der Waals surface area contributed by atoms with E-state index in [1.54, 1.807) is 25.1 Å². The number of thioether (sulfide) groups is 1. The first-order chi connectivity index (χ1) is 10.5. The molecule has 22 heavy (non-hydrogen) atoms. The van der Waals surface area contributed by atoms with Gasteiger partial charge in [0, 0.05) is 4.90 Å². The fourth-order valence-electron chi connectivity index (χ4n) is 2.02. The molecule has 0 fully saturated rings. The van der Waals surface area contributed by atoms with Crippen molar-refractivity contribution in [3.63, 3.8) is 0 Å². The molecular formula is C14H14N2O4S2. The van der Waals surface area contributed by atoms with E-state index < -0.39 is 10.0 Å². The Hall–Kier alpha value is -1.77. The van der Waals surface area contributed by atoms with Crippen LogP contribution in [-0.2, 0) is 21.4 Å². The highest BCUT2D eigenvalue weighted by atomic mass is 32.2. The van der Waals surface area contributed by atoms with Gasteiger partial charge in [0.1, 0.15) is 5.76 Å². The van der Waals surface area contributed by atoms with Gasteiger partial charge >= 0.3 is 0 Å². The van der Waals surface area contributed by atoms with Crippen LogP contribution in [0.1, 0.15) is 12.7 Å². The molecule has 0 spiro atoms. The summed E-state index contributed by atoms with van der Waals surface area (Å²) >= 11 is 1.41. The molecule has 116 valence electrons. The molecule has 8 heteroatoms. The van der Waals surface area contributed by atoms with Crippen LogP contribution in [0.25, 0.3) is 0 Å². The molecule has 2 heterocycles. The first-order valence-corrected chi connectivity index (χ1v) is 8.95. The predicted octanol–water partition coefficient (Wildman–Crippen LogP) is 2.19. The molecule has 1 aliphatic rings. The summed E-state index contributed by atoms with van der Waals surface area (Å²) < 4.78 is 32.1. The quantitative estimate of drug-likeness (QED) is 0.892. The number of fused-ring (bicyclic) bond motifs is 1. The minimum absolute atomic E-state index is 0.0740. The zero-order valence-electron chi connectivity index (χ0n) is 11.7. The number of amides is 1. The van der Waals surface area contributed by atoms with E-state index in [-0.39, 0.29) is 22.6 Å². The van der Waals surface area contributed by atoms with E-state index in [0.717, 1.165) is 4.90 Å². The number of benzene rings is 1. The lowest BCUT2D eigenvalue weighted by Crippen LogP contribution is -2.27. The summed E-state index contributed by atoms with van der Waals surface area (Å²) in [6.45, 7) is 1.88. The van der Waals surface area contributed by atoms with E-state index in [9.17, 15) is 13.2 Å². The van der Waals surface area contributed by atoms with Gasteiger partial charge in [-0.15, -0.1) is 11.8 Å². The lowest BCUT2D eigenvalue weighted by atomic mass is 10.3. The largest absolute Gasteiger partial charge is 0.468 e. The Morgan fingerprint density at radius 2 is 2.18 bits per heavy atom. The van der Waals surface area contributed by atoms with Gasteiger partial charge in [-0.3, -0.25) is 4.79 Å². The number of hydrogen-bond acceptors (Lipinski definition) is 5. The number of nitrogens with one attached hydrogen (secondary N) is 2. The summed E-state index contributed by atoms with van der Waals surface area (Å²) in [6, 6.07) is 8.08. The maximum absolute atomic E-state index is 12.3. The van der Waals surface area contributed by atoms with Crippen molar-refractivity contribution in [2.24, 2.45) is 0 Å². The average Bonchev–Trinajstić information content (AvgIpc) is 2.99. The maximum Gasteiger partial charge on any atom is 0.241 e. The number of sulfonamides is 1. The van der Waals surface area contributed by atoms with Crippen molar-refractivity contribution in [1.82, 2.24) is 4.72 Å². The van der Waals surface area contributed by atoms with Gasteiger partial charge in [0.15, 0.2) is 0 Å². The topological polar surface area (TPSA) is 88.4 Å². The Labute approximate surface area is 132 Å². The predicted molar refractivity (Wildman–Crippen MR) is 83.1 cm³/mol. The fourth-order valence-corrected chi connectivity index (χ4v) is 3.97. The van der Waals surface area contributed by atoms with Crippen molar-refractivity contribution in [2.45, 2.75) is 28.5 Å². The zero-order valence-corrected chi connectivity index (χ0v) is 13.3. The van der Waals surface area contributed by atoms with Crippen LogP contribution in [0.5, 0.6) is 0 Å². The molecule has 0 saturated carbocycles. The molecular weight excluding hydrogens is 324 g/mol. The van der Waals surface area contributed by atoms with Gasteiger partial charge in [-0.05, 0) is 37.3 Å². The molecule has 3 rings (SSSR count). The lowest BCUT2D eigenvalue weighted by Gasteiger charge is -2.21. The van der Waals surface area contributed by atoms with Crippen LogP contribution in [0.3, 0.4) is 0 Å². The number of carbonyl (C=O) groups excluding carboxylic acids is 1. The van der Waals surface area contributed by atoms with Crippen LogP contribution in [0, 0.1) is 0 Å². The van der Waals surface area contributed by atoms with E-state index >= 15 is 0 Å². The SMILES string of the molecule is CC1Sc2ccc(S(=O)(=O)NCc3ccco3)cc2NC1=O. The van der Waals surface area contributed by atoms with Crippen molar-refractivity contribution in [3.05, 3.63) is 42.4 Å². The van der Waals surface area contributed by atoms with Crippen LogP contribution in [-0.4, -0.2) is 19.6 Å². The molecule has 0 radical (unpaired) electrons. The monoisotopic (exact) mass is 338 g/mol. The molecule has 0 aliphatic carbocycles. The van der Waals surface area contributed by atoms with Gasteiger partial charge in [-0.2, -0.15) is 0 Å². The molecule has 1 amide bonds. The van der Waals surface area contributed by atoms with Gasteiger partial charge in [0.2, 0.25) is 15.9 Å². The van der Waals surface area contributed by atoms with E-state index in [2.05, 4.69) is 10.0 Å². The number of rotatable bonds is 4. The van der Waals surface area contributed by atoms with Crippen molar-refractivity contribution in [3.8, 4) is 0 Å². The minimum atomic E-state index is -3.67. The number of furan rings is 1. The van der Waals surface area contributed by atoms with Gasteiger partial charge in [0.25, 0.3) is 0 Å². The highest BCUT2D eigenvalue weighted by Gasteiger charge is 2.25. The highest BCUT2D eigenvalue weighted by molar-refractivity contribution is 8.01. The van der Waals surface area contributed by atoms with E-state index in [1.165, 1.54) is 30.2 Å². The minimum Gasteiger partial charge on any atom is -0.468 e. The normalized spacial score (nSPS) is 17.9. The third kappa shape index (κ3) is 3.03. The van der Waals surface area contributed by atoms with Crippen molar-refractivity contribution < 1.29 is 17.6 Å². The number of hydrogen-bond donors (Lipinski definition) is 2. The van der Waals surface area contributed by atoms with Crippen LogP contribution in [0.4, 0.5) is 5.69 Å². The summed E-state index contributed by atoms with van der Waals surface area (Å²) in [5.41, 5.74) is 0.522. The van der Waals surface area contributed by atoms with Crippen molar-refractivity contribution >= 4 is 33.4 Å². The Morgan fingerprint density at radius 3 is 2.91 bits per heavy atom. The zero-order chi connectivity index (χ0) is 15.7. The Kier molecular flexibility index (Phi) is 3.98. The molecule has 2 N–H and O–H groups in total. The van der Waals surface area contributed by atoms with Gasteiger partial charge in [0.05, 0.1) is 28.6 Å². The van der Waals surface area contributed by atoms with Crippen LogP contribution in [0.2, 0.25) is 0 Å². The second kappa shape index (κ2) is 5.79. The number of carbonyl (C=O) groups is 1. The van der Waals surface area contributed by atoms with Gasteiger partial charge < -0.3 is 9.73 Å². The standard InChI is InChI=1S/C14H14N2O4S2/c1-9-14(17)16-12-7-11(4-5-13(12)21-9)22(18,19)15-8-10-3-2-6-20-10/h2-7,9,15H,8H2,1H3,(H,16,17). The Morgan fingerprint density at radius 1 is 1.36 bits per heavy atom. The summed E-state index contributed by atoms with van der Waals surface area (Å²) in [7, 11) is -3.67. The molecule has 2 aromatic rings. The van der Waals surface area contributed by atoms with Gasteiger partial charge in [-0.1, -0.05) is 0 Å². The van der Waals surface area contributed by atoms with Crippen molar-refractivity contribution in [2.75, 3.05) is 5.32 Å². The average molecular weight is 338 g/mol. The number of anilines is 1. The van der Waals surface area contributed by atoms with E-state index in [0.29, 0.717) is 11.4 Å². The first-order valence-electron chi connectivity index (χ1n) is 6.59. The Balaban J connectivity index is 1.82. The molecule has 1 unspecified atom stereocenters. The third-order valence-corrected chi connectivity index (χ3v) is 5.79. The summed E-state index contributed by atoms with van der Waals surface area (Å²) in [6.07, 6.45) is 1.48. The molecule has 1 aromatic carbocycles. The fraction of sp³-hybridized carbons (Fsp3) is 0.214. The summed E-state index contributed by atoms with van der Waals surface area (Å²) in [5.74, 6) is 0.398. The molecule has 1 atom stereocenters. The van der Waals surface area contributed by atoms with Gasteiger partial charge in [-0.25, -0.2) is 13.1 Å². The van der Waals surface area contributed by atoms with E-state index in [4.69, 9.17) is 4.42 Å². The molecule has 6 nitrogen and oxygen atoms in total. The van der Waals surface area contributed by atoms with Crippen LogP contribution < -0.4 is 10.0 Å². The molecule has 1 aliphatic heterocycles. The van der Waals surface area contributed by atoms with Crippen LogP contribution in [0.15, 0.2) is 50.8 Å². The second-order valence-corrected chi connectivity index (χ2v) is 7.96. The summed E-state index contributed by atoms with van der Waals surface area (Å²) in [5, 5.41) is 2.53. The van der Waals surface area contributed by atoms with Crippen molar-refractivity contribution in [1.29, 1.82) is 0 Å². The Bertz CT molecular complexity index is 800.